The zero-order valence-corrected chi connectivity index (χ0v) is 17.4. The Morgan fingerprint density at radius 3 is 2.27 bits per heavy atom. The first-order valence-corrected chi connectivity index (χ1v) is 10.0. The van der Waals surface area contributed by atoms with Gasteiger partial charge in [0, 0.05) is 15.6 Å². The van der Waals surface area contributed by atoms with Crippen molar-refractivity contribution in [3.63, 3.8) is 0 Å². The van der Waals surface area contributed by atoms with E-state index in [1.807, 2.05) is 30.3 Å². The SMILES string of the molecule is O=C(Nc1ncn(Cc2ccc(Br)cc2)n1)c1ccccc1C(=O)c1ccccc1. The highest BCUT2D eigenvalue weighted by Gasteiger charge is 2.19. The van der Waals surface area contributed by atoms with E-state index in [1.54, 1.807) is 59.5 Å². The molecule has 3 aromatic carbocycles. The second-order valence-electron chi connectivity index (χ2n) is 6.59. The van der Waals surface area contributed by atoms with Crippen LogP contribution < -0.4 is 5.32 Å². The van der Waals surface area contributed by atoms with Crippen LogP contribution in [-0.4, -0.2) is 26.5 Å². The summed E-state index contributed by atoms with van der Waals surface area (Å²) in [6, 6.07) is 23.4. The Labute approximate surface area is 181 Å². The van der Waals surface area contributed by atoms with Crippen LogP contribution in [0.3, 0.4) is 0 Å². The van der Waals surface area contributed by atoms with E-state index in [-0.39, 0.29) is 17.3 Å². The van der Waals surface area contributed by atoms with Gasteiger partial charge in [0.05, 0.1) is 12.1 Å². The topological polar surface area (TPSA) is 76.9 Å². The number of ketones is 1. The van der Waals surface area contributed by atoms with Gasteiger partial charge in [0.2, 0.25) is 5.95 Å². The molecule has 0 bridgehead atoms. The fraction of sp³-hybridized carbons (Fsp3) is 0.0435. The molecule has 0 radical (unpaired) electrons. The summed E-state index contributed by atoms with van der Waals surface area (Å²) < 4.78 is 2.64. The van der Waals surface area contributed by atoms with E-state index in [0.717, 1.165) is 10.0 Å². The largest absolute Gasteiger partial charge is 0.289 e. The second-order valence-corrected chi connectivity index (χ2v) is 7.50. The molecule has 0 aliphatic rings. The van der Waals surface area contributed by atoms with Crippen molar-refractivity contribution in [1.82, 2.24) is 14.8 Å². The summed E-state index contributed by atoms with van der Waals surface area (Å²) in [5.41, 5.74) is 2.18. The number of halogens is 1. The summed E-state index contributed by atoms with van der Waals surface area (Å²) in [6.45, 7) is 0.527. The summed E-state index contributed by atoms with van der Waals surface area (Å²) in [6.07, 6.45) is 1.55. The number of aromatic nitrogens is 3. The van der Waals surface area contributed by atoms with Gasteiger partial charge >= 0.3 is 0 Å². The Morgan fingerprint density at radius 2 is 1.53 bits per heavy atom. The lowest BCUT2D eigenvalue weighted by molar-refractivity contribution is 0.0995. The van der Waals surface area contributed by atoms with Crippen molar-refractivity contribution in [3.05, 3.63) is 112 Å². The van der Waals surface area contributed by atoms with E-state index in [1.165, 1.54) is 0 Å². The van der Waals surface area contributed by atoms with Gasteiger partial charge < -0.3 is 0 Å². The molecule has 4 aromatic rings. The zero-order valence-electron chi connectivity index (χ0n) is 15.8. The quantitative estimate of drug-likeness (QED) is 0.427. The average Bonchev–Trinajstić information content (AvgIpc) is 3.22. The standard InChI is InChI=1S/C23H17BrN4O2/c24-18-12-10-16(11-13-18)14-28-15-25-23(27-28)26-22(30)20-9-5-4-8-19(20)21(29)17-6-2-1-3-7-17/h1-13,15H,14H2,(H,26,27,30). The number of nitrogens with zero attached hydrogens (tertiary/aromatic N) is 3. The van der Waals surface area contributed by atoms with Crippen molar-refractivity contribution in [2.75, 3.05) is 5.32 Å². The number of carbonyl (C=O) groups is 2. The first-order valence-electron chi connectivity index (χ1n) is 9.24. The van der Waals surface area contributed by atoms with Crippen LogP contribution in [0, 0.1) is 0 Å². The fourth-order valence-corrected chi connectivity index (χ4v) is 3.26. The van der Waals surface area contributed by atoms with Crippen LogP contribution in [0.1, 0.15) is 31.8 Å². The van der Waals surface area contributed by atoms with Crippen molar-refractivity contribution in [1.29, 1.82) is 0 Å². The van der Waals surface area contributed by atoms with Gasteiger partial charge in [-0.3, -0.25) is 14.9 Å². The zero-order chi connectivity index (χ0) is 20.9. The molecular formula is C23H17BrN4O2. The summed E-state index contributed by atoms with van der Waals surface area (Å²) in [4.78, 5) is 29.8. The highest BCUT2D eigenvalue weighted by Crippen LogP contribution is 2.16. The maximum atomic E-state index is 12.8. The number of hydrogen-bond acceptors (Lipinski definition) is 4. The van der Waals surface area contributed by atoms with Crippen molar-refractivity contribution >= 4 is 33.6 Å². The molecule has 6 nitrogen and oxygen atoms in total. The van der Waals surface area contributed by atoms with Crippen molar-refractivity contribution < 1.29 is 9.59 Å². The molecule has 1 heterocycles. The number of benzene rings is 3. The van der Waals surface area contributed by atoms with Crippen LogP contribution >= 0.6 is 15.9 Å². The van der Waals surface area contributed by atoms with Gasteiger partial charge in [-0.15, -0.1) is 5.10 Å². The van der Waals surface area contributed by atoms with Crippen molar-refractivity contribution in [2.24, 2.45) is 0 Å². The number of hydrogen-bond donors (Lipinski definition) is 1. The highest BCUT2D eigenvalue weighted by molar-refractivity contribution is 9.10. The molecule has 0 atom stereocenters. The lowest BCUT2D eigenvalue weighted by atomic mass is 9.98. The Hall–Kier alpha value is -3.58. The summed E-state index contributed by atoms with van der Waals surface area (Å²) in [7, 11) is 0. The van der Waals surface area contributed by atoms with Crippen LogP contribution in [-0.2, 0) is 6.54 Å². The first kappa shape index (κ1) is 19.7. The highest BCUT2D eigenvalue weighted by atomic mass is 79.9. The molecular weight excluding hydrogens is 444 g/mol. The number of anilines is 1. The second kappa shape index (κ2) is 8.84. The molecule has 0 spiro atoms. The van der Waals surface area contributed by atoms with Gasteiger partial charge in [0.1, 0.15) is 6.33 Å². The van der Waals surface area contributed by atoms with E-state index >= 15 is 0 Å². The number of amides is 1. The number of nitrogens with one attached hydrogen (secondary N) is 1. The molecule has 1 N–H and O–H groups in total. The maximum absolute atomic E-state index is 12.8. The van der Waals surface area contributed by atoms with E-state index in [4.69, 9.17) is 0 Å². The van der Waals surface area contributed by atoms with Gasteiger partial charge in [-0.25, -0.2) is 9.67 Å². The lowest BCUT2D eigenvalue weighted by Gasteiger charge is -2.08. The molecule has 1 aromatic heterocycles. The molecule has 0 aliphatic carbocycles. The Balaban J connectivity index is 1.50. The third kappa shape index (κ3) is 4.52. The van der Waals surface area contributed by atoms with Gasteiger partial charge in [-0.05, 0) is 23.8 Å². The Morgan fingerprint density at radius 1 is 0.867 bits per heavy atom. The Kier molecular flexibility index (Phi) is 5.81. The normalized spacial score (nSPS) is 10.6. The molecule has 1 amide bonds. The maximum Gasteiger partial charge on any atom is 0.258 e. The third-order valence-corrected chi connectivity index (χ3v) is 5.00. The lowest BCUT2D eigenvalue weighted by Crippen LogP contribution is -2.18. The van der Waals surface area contributed by atoms with Crippen LogP contribution in [0.15, 0.2) is 89.7 Å². The van der Waals surface area contributed by atoms with Crippen LogP contribution in [0.25, 0.3) is 0 Å². The number of carbonyl (C=O) groups excluding carboxylic acids is 2. The molecule has 0 aliphatic heterocycles. The number of rotatable bonds is 6. The third-order valence-electron chi connectivity index (χ3n) is 4.47. The first-order chi connectivity index (χ1) is 14.6. The molecule has 0 saturated carbocycles. The van der Waals surface area contributed by atoms with Crippen LogP contribution in [0.5, 0.6) is 0 Å². The van der Waals surface area contributed by atoms with E-state index in [2.05, 4.69) is 31.3 Å². The minimum absolute atomic E-state index is 0.180. The van der Waals surface area contributed by atoms with E-state index < -0.39 is 5.91 Å². The minimum Gasteiger partial charge on any atom is -0.289 e. The average molecular weight is 461 g/mol. The smallest absolute Gasteiger partial charge is 0.258 e. The molecule has 0 fully saturated rings. The van der Waals surface area contributed by atoms with Crippen molar-refractivity contribution in [2.45, 2.75) is 6.54 Å². The minimum atomic E-state index is -0.434. The predicted molar refractivity (Wildman–Crippen MR) is 118 cm³/mol. The van der Waals surface area contributed by atoms with Gasteiger partial charge in [0.15, 0.2) is 5.78 Å². The fourth-order valence-electron chi connectivity index (χ4n) is 3.00. The molecule has 0 saturated heterocycles. The van der Waals surface area contributed by atoms with Gasteiger partial charge in [-0.1, -0.05) is 76.6 Å². The van der Waals surface area contributed by atoms with E-state index in [9.17, 15) is 9.59 Å². The Bertz CT molecular complexity index is 1190. The molecule has 0 unspecified atom stereocenters. The van der Waals surface area contributed by atoms with Gasteiger partial charge in [0.25, 0.3) is 5.91 Å². The predicted octanol–water partition coefficient (Wildman–Crippen LogP) is 4.57. The summed E-state index contributed by atoms with van der Waals surface area (Å²) in [5.74, 6) is -0.467. The monoisotopic (exact) mass is 460 g/mol. The van der Waals surface area contributed by atoms with Gasteiger partial charge in [-0.2, -0.15) is 0 Å². The summed E-state index contributed by atoms with van der Waals surface area (Å²) >= 11 is 3.41. The molecule has 30 heavy (non-hydrogen) atoms. The molecule has 148 valence electrons. The molecule has 4 rings (SSSR count). The van der Waals surface area contributed by atoms with E-state index in [0.29, 0.717) is 17.7 Å². The molecule has 7 heteroatoms. The van der Waals surface area contributed by atoms with Crippen molar-refractivity contribution in [3.8, 4) is 0 Å². The van der Waals surface area contributed by atoms with Crippen LogP contribution in [0.4, 0.5) is 5.95 Å². The van der Waals surface area contributed by atoms with Crippen LogP contribution in [0.2, 0.25) is 0 Å². The summed E-state index contributed by atoms with van der Waals surface area (Å²) in [5, 5.41) is 6.98.